The molecule has 5 aliphatic rings. The molecule has 2 aromatic carbocycles. The monoisotopic (exact) mass is 538 g/mol. The Morgan fingerprint density at radius 1 is 1.00 bits per heavy atom. The van der Waals surface area contributed by atoms with Crippen LogP contribution in [0.3, 0.4) is 0 Å². The summed E-state index contributed by atoms with van der Waals surface area (Å²) < 4.78 is 6.01. The first kappa shape index (κ1) is 24.8. The Morgan fingerprint density at radius 3 is 2.52 bits per heavy atom. The van der Waals surface area contributed by atoms with Crippen molar-refractivity contribution in [2.75, 3.05) is 11.4 Å². The van der Waals surface area contributed by atoms with Gasteiger partial charge in [0.15, 0.2) is 0 Å². The Labute approximate surface area is 231 Å². The second kappa shape index (κ2) is 8.65. The molecule has 0 radical (unpaired) electrons. The zero-order valence-corrected chi connectivity index (χ0v) is 22.4. The van der Waals surface area contributed by atoms with Crippen molar-refractivity contribution in [3.8, 4) is 11.5 Å². The fraction of sp³-hybridized carbons (Fsp3) is 0.375. The first-order valence-corrected chi connectivity index (χ1v) is 13.9. The third-order valence-corrected chi connectivity index (χ3v) is 9.84. The standard InChI is InChI=1S/C32H30N2O6/c1-3-33-28(36)22-11-10-21-23(26(22)30(33)38)15-24-29(37)34(19-7-5-4-6-8-19)31(39)32(24,2)27(21)18-13-17-14-20(35)9-12-25(17)40-16-18/h4-10,12,14,16,22-24,26-27,35H,3,11,13,15H2,1-2H3/t22-,23+,24-,26-,27-,32+/m0/s1. The molecule has 0 bridgehead atoms. The number of carbonyl (C=O) groups is 4. The first-order valence-electron chi connectivity index (χ1n) is 13.9. The summed E-state index contributed by atoms with van der Waals surface area (Å²) in [7, 11) is 0. The third kappa shape index (κ3) is 3.19. The Morgan fingerprint density at radius 2 is 1.77 bits per heavy atom. The fourth-order valence-electron chi connectivity index (χ4n) is 8.05. The van der Waals surface area contributed by atoms with Crippen LogP contribution in [-0.4, -0.2) is 40.2 Å². The molecule has 7 rings (SSSR count). The molecule has 6 atom stereocenters. The molecule has 4 amide bonds. The number of phenols is 1. The number of hydrogen-bond donors (Lipinski definition) is 1. The molecule has 204 valence electrons. The van der Waals surface area contributed by atoms with E-state index in [4.69, 9.17) is 4.74 Å². The number of rotatable bonds is 3. The van der Waals surface area contributed by atoms with Gasteiger partial charge in [-0.25, -0.2) is 4.90 Å². The molecule has 40 heavy (non-hydrogen) atoms. The van der Waals surface area contributed by atoms with Crippen molar-refractivity contribution in [3.05, 3.63) is 77.6 Å². The van der Waals surface area contributed by atoms with Crippen LogP contribution < -0.4 is 9.64 Å². The van der Waals surface area contributed by atoms with E-state index < -0.39 is 29.1 Å². The van der Waals surface area contributed by atoms with Gasteiger partial charge < -0.3 is 9.84 Å². The van der Waals surface area contributed by atoms with Gasteiger partial charge in [0.25, 0.3) is 0 Å². The van der Waals surface area contributed by atoms with E-state index >= 15 is 0 Å². The summed E-state index contributed by atoms with van der Waals surface area (Å²) >= 11 is 0. The highest BCUT2D eigenvalue weighted by Gasteiger charge is 2.67. The maximum atomic E-state index is 14.4. The number of ether oxygens (including phenoxy) is 1. The summed E-state index contributed by atoms with van der Waals surface area (Å²) in [6.07, 6.45) is 4.89. The summed E-state index contributed by atoms with van der Waals surface area (Å²) in [5, 5.41) is 10.1. The number of carbonyl (C=O) groups excluding carboxylic acids is 4. The van der Waals surface area contributed by atoms with Crippen molar-refractivity contribution < 1.29 is 29.0 Å². The lowest BCUT2D eigenvalue weighted by molar-refractivity contribution is -0.140. The molecular weight excluding hydrogens is 508 g/mol. The van der Waals surface area contributed by atoms with Crippen molar-refractivity contribution in [3.63, 3.8) is 0 Å². The predicted octanol–water partition coefficient (Wildman–Crippen LogP) is 3.99. The predicted molar refractivity (Wildman–Crippen MR) is 145 cm³/mol. The molecular formula is C32H30N2O6. The number of fused-ring (bicyclic) bond motifs is 5. The zero-order chi connectivity index (χ0) is 27.9. The first-order chi connectivity index (χ1) is 19.3. The summed E-state index contributed by atoms with van der Waals surface area (Å²) in [5.74, 6) is -2.64. The Kier molecular flexibility index (Phi) is 5.37. The number of imide groups is 2. The fourth-order valence-corrected chi connectivity index (χ4v) is 8.05. The van der Waals surface area contributed by atoms with Crippen LogP contribution in [0.15, 0.2) is 72.0 Å². The number of phenolic OH excluding ortho intramolecular Hbond substituents is 1. The van der Waals surface area contributed by atoms with Gasteiger partial charge in [-0.1, -0.05) is 29.8 Å². The number of nitrogens with zero attached hydrogens (tertiary/aromatic N) is 2. The van der Waals surface area contributed by atoms with E-state index in [1.165, 1.54) is 9.80 Å². The molecule has 3 heterocycles. The second-order valence-corrected chi connectivity index (χ2v) is 11.7. The van der Waals surface area contributed by atoms with Crippen LogP contribution in [0.4, 0.5) is 5.69 Å². The van der Waals surface area contributed by atoms with Gasteiger partial charge in [0.05, 0.1) is 35.1 Å². The zero-order valence-electron chi connectivity index (χ0n) is 22.4. The largest absolute Gasteiger partial charge is 0.508 e. The topological polar surface area (TPSA) is 104 Å². The number of amides is 4. The van der Waals surface area contributed by atoms with Gasteiger partial charge in [-0.3, -0.25) is 24.1 Å². The molecule has 1 N–H and O–H groups in total. The number of aromatic hydroxyl groups is 1. The average Bonchev–Trinajstić information content (AvgIpc) is 3.32. The molecule has 2 aromatic rings. The van der Waals surface area contributed by atoms with Gasteiger partial charge in [-0.15, -0.1) is 0 Å². The minimum absolute atomic E-state index is 0.117. The molecule has 2 aliphatic carbocycles. The molecule has 8 heteroatoms. The minimum Gasteiger partial charge on any atom is -0.508 e. The van der Waals surface area contributed by atoms with Gasteiger partial charge >= 0.3 is 0 Å². The number of hydrogen-bond acceptors (Lipinski definition) is 6. The highest BCUT2D eigenvalue weighted by molar-refractivity contribution is 6.24. The number of anilines is 1. The van der Waals surface area contributed by atoms with Gasteiger partial charge in [0, 0.05) is 24.4 Å². The maximum Gasteiger partial charge on any atom is 0.241 e. The van der Waals surface area contributed by atoms with E-state index in [1.54, 1.807) is 55.7 Å². The van der Waals surface area contributed by atoms with E-state index in [0.717, 1.165) is 16.7 Å². The average molecular weight is 539 g/mol. The van der Waals surface area contributed by atoms with E-state index in [1.807, 2.05) is 19.1 Å². The van der Waals surface area contributed by atoms with Crippen LogP contribution in [0.2, 0.25) is 0 Å². The smallest absolute Gasteiger partial charge is 0.241 e. The van der Waals surface area contributed by atoms with Crippen molar-refractivity contribution in [1.82, 2.24) is 4.90 Å². The van der Waals surface area contributed by atoms with Crippen LogP contribution in [0, 0.1) is 35.0 Å². The van der Waals surface area contributed by atoms with Crippen LogP contribution in [0.5, 0.6) is 11.5 Å². The van der Waals surface area contributed by atoms with Gasteiger partial charge in [-0.05, 0) is 68.5 Å². The number of likely N-dealkylation sites (tertiary alicyclic amines) is 1. The Hall–Kier alpha value is -4.20. The highest BCUT2D eigenvalue weighted by Crippen LogP contribution is 2.62. The molecule has 3 fully saturated rings. The lowest BCUT2D eigenvalue weighted by atomic mass is 9.51. The molecule has 0 aromatic heterocycles. The summed E-state index contributed by atoms with van der Waals surface area (Å²) in [6, 6.07) is 13.9. The maximum absolute atomic E-state index is 14.4. The molecule has 1 saturated carbocycles. The summed E-state index contributed by atoms with van der Waals surface area (Å²) in [4.78, 5) is 57.8. The molecule has 0 unspecified atom stereocenters. The third-order valence-electron chi connectivity index (χ3n) is 9.84. The number of para-hydroxylation sites is 1. The van der Waals surface area contributed by atoms with Gasteiger partial charge in [-0.2, -0.15) is 0 Å². The molecule has 8 nitrogen and oxygen atoms in total. The molecule has 2 saturated heterocycles. The molecule has 0 spiro atoms. The van der Waals surface area contributed by atoms with Crippen LogP contribution in [-0.2, 0) is 25.6 Å². The lowest BCUT2D eigenvalue weighted by Crippen LogP contribution is -2.51. The van der Waals surface area contributed by atoms with E-state index in [0.29, 0.717) is 37.2 Å². The normalized spacial score (nSPS) is 32.6. The quantitative estimate of drug-likeness (QED) is 0.468. The van der Waals surface area contributed by atoms with Gasteiger partial charge in [0.1, 0.15) is 11.5 Å². The number of benzene rings is 2. The SMILES string of the molecule is CCN1C(=O)[C@H]2[C@H](CC=C3[C@H](C4=COc5ccc(O)cc5C4)[C@]4(C)C(=O)N(c5ccccc5)C(=O)[C@@H]4C[C@H]32)C1=O. The van der Waals surface area contributed by atoms with E-state index in [9.17, 15) is 24.3 Å². The van der Waals surface area contributed by atoms with E-state index in [2.05, 4.69) is 0 Å². The van der Waals surface area contributed by atoms with Crippen molar-refractivity contribution in [1.29, 1.82) is 0 Å². The van der Waals surface area contributed by atoms with Gasteiger partial charge in [0.2, 0.25) is 23.6 Å². The lowest BCUT2D eigenvalue weighted by Gasteiger charge is -2.49. The van der Waals surface area contributed by atoms with Crippen molar-refractivity contribution in [2.45, 2.75) is 33.1 Å². The second-order valence-electron chi connectivity index (χ2n) is 11.7. The Bertz CT molecular complexity index is 1540. The highest BCUT2D eigenvalue weighted by atomic mass is 16.5. The summed E-state index contributed by atoms with van der Waals surface area (Å²) in [6.45, 7) is 3.99. The van der Waals surface area contributed by atoms with Crippen LogP contribution in [0.1, 0.15) is 32.3 Å². The minimum atomic E-state index is -1.11. The van der Waals surface area contributed by atoms with Crippen molar-refractivity contribution >= 4 is 29.3 Å². The van der Waals surface area contributed by atoms with Crippen LogP contribution in [0.25, 0.3) is 0 Å². The van der Waals surface area contributed by atoms with E-state index in [-0.39, 0.29) is 35.3 Å². The summed E-state index contributed by atoms with van der Waals surface area (Å²) in [5.41, 5.74) is 1.96. The Balaban J connectivity index is 1.38. The number of allylic oxidation sites excluding steroid dienone is 3. The molecule has 3 aliphatic heterocycles. The van der Waals surface area contributed by atoms with Crippen molar-refractivity contribution in [2.24, 2.45) is 35.0 Å². The van der Waals surface area contributed by atoms with Crippen LogP contribution >= 0.6 is 0 Å².